The molecule has 1 aliphatic rings. The van der Waals surface area contributed by atoms with Crippen molar-refractivity contribution < 1.29 is 9.53 Å². The van der Waals surface area contributed by atoms with Gasteiger partial charge in [-0.2, -0.15) is 0 Å². The standard InChI is InChI=1S/C15H30N4O2/c1-6-16-13(17-7-2)18-10-12-8-9-19(11-12)14(20)21-15(3,4)5/h12H,6-11H2,1-5H3,(H2,16,17,18). The number of guanidine groups is 1. The molecule has 6 nitrogen and oxygen atoms in total. The first kappa shape index (κ1) is 17.6. The van der Waals surface area contributed by atoms with Crippen molar-refractivity contribution in [3.63, 3.8) is 0 Å². The van der Waals surface area contributed by atoms with Crippen LogP contribution in [0.25, 0.3) is 0 Å². The Labute approximate surface area is 128 Å². The quantitative estimate of drug-likeness (QED) is 0.614. The molecular weight excluding hydrogens is 268 g/mol. The largest absolute Gasteiger partial charge is 0.444 e. The second-order valence-electron chi connectivity index (χ2n) is 6.33. The maximum Gasteiger partial charge on any atom is 0.410 e. The van der Waals surface area contributed by atoms with Crippen LogP contribution in [0.3, 0.4) is 0 Å². The SMILES string of the molecule is CCNC(=NCC1CCN(C(=O)OC(C)(C)C)C1)NCC. The molecule has 0 bridgehead atoms. The topological polar surface area (TPSA) is 66.0 Å². The van der Waals surface area contributed by atoms with Gasteiger partial charge in [0.15, 0.2) is 5.96 Å². The summed E-state index contributed by atoms with van der Waals surface area (Å²) >= 11 is 0. The lowest BCUT2D eigenvalue weighted by Gasteiger charge is -2.24. The first-order valence-corrected chi connectivity index (χ1v) is 7.85. The van der Waals surface area contributed by atoms with Gasteiger partial charge in [0, 0.05) is 32.7 Å². The number of carbonyl (C=O) groups excluding carboxylic acids is 1. The van der Waals surface area contributed by atoms with Crippen LogP contribution in [-0.2, 0) is 4.74 Å². The monoisotopic (exact) mass is 298 g/mol. The normalized spacial score (nSPS) is 18.3. The van der Waals surface area contributed by atoms with Gasteiger partial charge >= 0.3 is 6.09 Å². The van der Waals surface area contributed by atoms with Crippen LogP contribution >= 0.6 is 0 Å². The van der Waals surface area contributed by atoms with Crippen molar-refractivity contribution in [2.75, 3.05) is 32.7 Å². The number of hydrogen-bond acceptors (Lipinski definition) is 3. The smallest absolute Gasteiger partial charge is 0.410 e. The van der Waals surface area contributed by atoms with Gasteiger partial charge in [0.25, 0.3) is 0 Å². The Hall–Kier alpha value is -1.46. The summed E-state index contributed by atoms with van der Waals surface area (Å²) in [6.07, 6.45) is 0.765. The van der Waals surface area contributed by atoms with Crippen molar-refractivity contribution in [1.82, 2.24) is 15.5 Å². The number of ether oxygens (including phenoxy) is 1. The minimum Gasteiger partial charge on any atom is -0.444 e. The average Bonchev–Trinajstić information content (AvgIpc) is 2.83. The minimum absolute atomic E-state index is 0.215. The lowest BCUT2D eigenvalue weighted by atomic mass is 10.1. The summed E-state index contributed by atoms with van der Waals surface area (Å²) in [6, 6.07) is 0. The zero-order chi connectivity index (χ0) is 15.9. The van der Waals surface area contributed by atoms with E-state index in [2.05, 4.69) is 15.6 Å². The lowest BCUT2D eigenvalue weighted by molar-refractivity contribution is 0.0289. The third-order valence-electron chi connectivity index (χ3n) is 3.13. The van der Waals surface area contributed by atoms with E-state index < -0.39 is 5.60 Å². The predicted octanol–water partition coefficient (Wildman–Crippen LogP) is 1.82. The Morgan fingerprint density at radius 2 is 1.90 bits per heavy atom. The number of carbonyl (C=O) groups is 1. The second-order valence-corrected chi connectivity index (χ2v) is 6.33. The van der Waals surface area contributed by atoms with Gasteiger partial charge in [-0.3, -0.25) is 4.99 Å². The molecule has 1 amide bonds. The van der Waals surface area contributed by atoms with Crippen molar-refractivity contribution in [3.05, 3.63) is 0 Å². The van der Waals surface area contributed by atoms with Crippen molar-refractivity contribution in [2.24, 2.45) is 10.9 Å². The minimum atomic E-state index is -0.434. The summed E-state index contributed by atoms with van der Waals surface area (Å²) in [5, 5.41) is 6.41. The van der Waals surface area contributed by atoms with Gasteiger partial charge < -0.3 is 20.3 Å². The summed E-state index contributed by atoms with van der Waals surface area (Å²) in [7, 11) is 0. The number of nitrogens with one attached hydrogen (secondary N) is 2. The number of likely N-dealkylation sites (tertiary alicyclic amines) is 1. The van der Waals surface area contributed by atoms with E-state index in [1.165, 1.54) is 0 Å². The van der Waals surface area contributed by atoms with E-state index in [-0.39, 0.29) is 6.09 Å². The Morgan fingerprint density at radius 1 is 1.29 bits per heavy atom. The van der Waals surface area contributed by atoms with Crippen molar-refractivity contribution >= 4 is 12.1 Å². The molecule has 1 fully saturated rings. The molecule has 0 aromatic heterocycles. The van der Waals surface area contributed by atoms with Crippen molar-refractivity contribution in [2.45, 2.75) is 46.6 Å². The van der Waals surface area contributed by atoms with Crippen LogP contribution < -0.4 is 10.6 Å². The second kappa shape index (κ2) is 8.10. The molecule has 1 atom stereocenters. The molecule has 0 aliphatic carbocycles. The van der Waals surface area contributed by atoms with E-state index in [1.807, 2.05) is 34.6 Å². The molecular formula is C15H30N4O2. The summed E-state index contributed by atoms with van der Waals surface area (Å²) in [6.45, 7) is 13.7. The highest BCUT2D eigenvalue weighted by Gasteiger charge is 2.29. The zero-order valence-electron chi connectivity index (χ0n) is 14.0. The molecule has 6 heteroatoms. The fourth-order valence-corrected chi connectivity index (χ4v) is 2.20. The summed E-state index contributed by atoms with van der Waals surface area (Å²) < 4.78 is 5.40. The fourth-order valence-electron chi connectivity index (χ4n) is 2.20. The third-order valence-corrected chi connectivity index (χ3v) is 3.13. The van der Waals surface area contributed by atoms with Crippen molar-refractivity contribution in [3.8, 4) is 0 Å². The Balaban J connectivity index is 2.43. The maximum atomic E-state index is 12.0. The molecule has 0 radical (unpaired) electrons. The van der Waals surface area contributed by atoms with Crippen molar-refractivity contribution in [1.29, 1.82) is 0 Å². The highest BCUT2D eigenvalue weighted by Crippen LogP contribution is 2.19. The molecule has 122 valence electrons. The van der Waals surface area contributed by atoms with E-state index >= 15 is 0 Å². The first-order valence-electron chi connectivity index (χ1n) is 7.85. The van der Waals surface area contributed by atoms with Gasteiger partial charge in [0.1, 0.15) is 5.60 Å². The van der Waals surface area contributed by atoms with E-state index in [1.54, 1.807) is 4.90 Å². The van der Waals surface area contributed by atoms with Gasteiger partial charge in [0.2, 0.25) is 0 Å². The van der Waals surface area contributed by atoms with E-state index in [0.29, 0.717) is 5.92 Å². The molecule has 0 aromatic rings. The molecule has 1 saturated heterocycles. The van der Waals surface area contributed by atoms with Gasteiger partial charge in [0.05, 0.1) is 0 Å². The molecule has 0 saturated carbocycles. The molecule has 0 spiro atoms. The van der Waals surface area contributed by atoms with Gasteiger partial charge in [-0.15, -0.1) is 0 Å². The summed E-state index contributed by atoms with van der Waals surface area (Å²) in [4.78, 5) is 18.3. The predicted molar refractivity (Wildman–Crippen MR) is 85.6 cm³/mol. The number of nitrogens with zero attached hydrogens (tertiary/aromatic N) is 2. The van der Waals surface area contributed by atoms with Gasteiger partial charge in [-0.05, 0) is 47.0 Å². The molecule has 2 N–H and O–H groups in total. The van der Waals surface area contributed by atoms with Crippen LogP contribution in [0.4, 0.5) is 4.79 Å². The van der Waals surface area contributed by atoms with Crippen LogP contribution in [0.1, 0.15) is 41.0 Å². The molecule has 1 heterocycles. The number of amides is 1. The van der Waals surface area contributed by atoms with Crippen LogP contribution in [0.2, 0.25) is 0 Å². The number of aliphatic imine (C=N–C) groups is 1. The first-order chi connectivity index (χ1) is 9.85. The Kier molecular flexibility index (Phi) is 6.78. The van der Waals surface area contributed by atoms with E-state index in [9.17, 15) is 4.79 Å². The summed E-state index contributed by atoms with van der Waals surface area (Å²) in [5.41, 5.74) is -0.434. The zero-order valence-corrected chi connectivity index (χ0v) is 14.0. The average molecular weight is 298 g/mol. The number of rotatable bonds is 4. The molecule has 1 unspecified atom stereocenters. The van der Waals surface area contributed by atoms with Crippen LogP contribution in [0.15, 0.2) is 4.99 Å². The highest BCUT2D eigenvalue weighted by molar-refractivity contribution is 5.79. The molecule has 1 rings (SSSR count). The van der Waals surface area contributed by atoms with Gasteiger partial charge in [-0.1, -0.05) is 0 Å². The third kappa shape index (κ3) is 6.69. The fraction of sp³-hybridized carbons (Fsp3) is 0.867. The van der Waals surface area contributed by atoms with E-state index in [0.717, 1.165) is 45.1 Å². The number of hydrogen-bond donors (Lipinski definition) is 2. The van der Waals surface area contributed by atoms with Gasteiger partial charge in [-0.25, -0.2) is 4.79 Å². The molecule has 0 aromatic carbocycles. The maximum absolute atomic E-state index is 12.0. The molecule has 1 aliphatic heterocycles. The van der Waals surface area contributed by atoms with Crippen LogP contribution in [-0.4, -0.2) is 55.3 Å². The molecule has 21 heavy (non-hydrogen) atoms. The highest BCUT2D eigenvalue weighted by atomic mass is 16.6. The van der Waals surface area contributed by atoms with Crippen LogP contribution in [0, 0.1) is 5.92 Å². The van der Waals surface area contributed by atoms with Crippen LogP contribution in [0.5, 0.6) is 0 Å². The lowest BCUT2D eigenvalue weighted by Crippen LogP contribution is -2.37. The Morgan fingerprint density at radius 3 is 2.43 bits per heavy atom. The summed E-state index contributed by atoms with van der Waals surface area (Å²) in [5.74, 6) is 1.25. The Bertz CT molecular complexity index is 355. The van der Waals surface area contributed by atoms with E-state index in [4.69, 9.17) is 4.74 Å².